The summed E-state index contributed by atoms with van der Waals surface area (Å²) in [5, 5.41) is 3.38. The van der Waals surface area contributed by atoms with Gasteiger partial charge in [-0.05, 0) is 46.6 Å². The molecule has 2 fully saturated rings. The topological polar surface area (TPSA) is 27.7 Å². The van der Waals surface area contributed by atoms with Crippen LogP contribution in [-0.2, 0) is 4.74 Å². The lowest BCUT2D eigenvalue weighted by Crippen LogP contribution is -2.47. The molecule has 0 aromatic heterocycles. The maximum Gasteiger partial charge on any atom is 0.0623 e. The second-order valence-corrected chi connectivity index (χ2v) is 5.80. The van der Waals surface area contributed by atoms with Crippen molar-refractivity contribution in [2.24, 2.45) is 5.92 Å². The van der Waals surface area contributed by atoms with E-state index in [9.17, 15) is 0 Å². The maximum absolute atomic E-state index is 5.59. The monoisotopic (exact) mass is 255 g/mol. The molecule has 0 amide bonds. The van der Waals surface area contributed by atoms with Gasteiger partial charge in [0.2, 0.25) is 0 Å². The Balaban J connectivity index is 1.76. The summed E-state index contributed by atoms with van der Waals surface area (Å²) in [7, 11) is 4.34. The Hall–Kier alpha value is -0.160. The molecule has 0 spiro atoms. The van der Waals surface area contributed by atoms with Crippen LogP contribution < -0.4 is 5.32 Å². The summed E-state index contributed by atoms with van der Waals surface area (Å²) in [6.07, 6.45) is 2.64. The van der Waals surface area contributed by atoms with Crippen molar-refractivity contribution >= 4 is 0 Å². The fourth-order valence-electron chi connectivity index (χ4n) is 3.29. The molecule has 106 valence electrons. The molecule has 0 aromatic rings. The van der Waals surface area contributed by atoms with Crippen molar-refractivity contribution in [3.63, 3.8) is 0 Å². The Bertz CT molecular complexity index is 241. The highest BCUT2D eigenvalue weighted by Gasteiger charge is 2.30. The number of piperidine rings is 1. The predicted molar refractivity (Wildman–Crippen MR) is 74.9 cm³/mol. The van der Waals surface area contributed by atoms with Gasteiger partial charge in [-0.25, -0.2) is 0 Å². The molecule has 2 rings (SSSR count). The summed E-state index contributed by atoms with van der Waals surface area (Å²) in [6, 6.07) is 1.31. The average molecular weight is 255 g/mol. The zero-order valence-electron chi connectivity index (χ0n) is 12.2. The van der Waals surface area contributed by atoms with Crippen LogP contribution in [0.4, 0.5) is 0 Å². The summed E-state index contributed by atoms with van der Waals surface area (Å²) in [4.78, 5) is 5.12. The van der Waals surface area contributed by atoms with E-state index in [1.807, 2.05) is 7.05 Å². The third-order valence-corrected chi connectivity index (χ3v) is 4.72. The summed E-state index contributed by atoms with van der Waals surface area (Å²) in [6.45, 7) is 8.96. The van der Waals surface area contributed by atoms with Gasteiger partial charge in [-0.3, -0.25) is 0 Å². The molecule has 1 N–H and O–H groups in total. The molecule has 18 heavy (non-hydrogen) atoms. The number of nitrogens with zero attached hydrogens (tertiary/aromatic N) is 2. The normalized spacial score (nSPS) is 31.3. The van der Waals surface area contributed by atoms with Gasteiger partial charge >= 0.3 is 0 Å². The van der Waals surface area contributed by atoms with Crippen LogP contribution in [-0.4, -0.2) is 75.4 Å². The van der Waals surface area contributed by atoms with Gasteiger partial charge in [0.05, 0.1) is 13.2 Å². The van der Waals surface area contributed by atoms with E-state index in [1.165, 1.54) is 39.0 Å². The highest BCUT2D eigenvalue weighted by atomic mass is 16.5. The molecule has 0 radical (unpaired) electrons. The SMILES string of the molecule is CCN1CCC(N(C)CC2COCC2NC)CC1. The Kier molecular flexibility index (Phi) is 5.42. The van der Waals surface area contributed by atoms with E-state index in [0.717, 1.165) is 19.3 Å². The standard InChI is InChI=1S/C14H29N3O/c1-4-17-7-5-13(6-8-17)16(3)9-12-10-18-11-14(12)15-2/h12-15H,4-11H2,1-3H3. The molecular formula is C14H29N3O. The number of ether oxygens (including phenoxy) is 1. The van der Waals surface area contributed by atoms with E-state index in [1.54, 1.807) is 0 Å². The van der Waals surface area contributed by atoms with Crippen molar-refractivity contribution in [2.75, 3.05) is 53.5 Å². The van der Waals surface area contributed by atoms with Crippen LogP contribution in [0.15, 0.2) is 0 Å². The van der Waals surface area contributed by atoms with E-state index >= 15 is 0 Å². The minimum Gasteiger partial charge on any atom is -0.379 e. The van der Waals surface area contributed by atoms with Gasteiger partial charge in [0.15, 0.2) is 0 Å². The molecule has 0 aromatic carbocycles. The lowest BCUT2D eigenvalue weighted by molar-refractivity contribution is 0.110. The molecule has 0 aliphatic carbocycles. The number of nitrogens with one attached hydrogen (secondary N) is 1. The number of hydrogen-bond donors (Lipinski definition) is 1. The first-order valence-electron chi connectivity index (χ1n) is 7.42. The molecule has 2 aliphatic heterocycles. The van der Waals surface area contributed by atoms with Crippen molar-refractivity contribution in [3.05, 3.63) is 0 Å². The average Bonchev–Trinajstić information content (AvgIpc) is 2.86. The van der Waals surface area contributed by atoms with E-state index in [2.05, 4.69) is 29.1 Å². The first kappa shape index (κ1) is 14.3. The second kappa shape index (κ2) is 6.85. The fourth-order valence-corrected chi connectivity index (χ4v) is 3.29. The minimum absolute atomic E-state index is 0.545. The molecule has 2 saturated heterocycles. The molecule has 2 atom stereocenters. The molecule has 2 heterocycles. The molecular weight excluding hydrogens is 226 g/mol. The summed E-state index contributed by atoms with van der Waals surface area (Å²) >= 11 is 0. The number of likely N-dealkylation sites (N-methyl/N-ethyl adjacent to an activating group) is 1. The van der Waals surface area contributed by atoms with Crippen LogP contribution in [0.3, 0.4) is 0 Å². The van der Waals surface area contributed by atoms with Crippen LogP contribution in [0.25, 0.3) is 0 Å². The maximum atomic E-state index is 5.59. The summed E-state index contributed by atoms with van der Waals surface area (Å²) < 4.78 is 5.59. The van der Waals surface area contributed by atoms with Gasteiger partial charge in [-0.2, -0.15) is 0 Å². The lowest BCUT2D eigenvalue weighted by Gasteiger charge is -2.37. The van der Waals surface area contributed by atoms with Gasteiger partial charge < -0.3 is 19.9 Å². The second-order valence-electron chi connectivity index (χ2n) is 5.80. The molecule has 4 heteroatoms. The highest BCUT2D eigenvalue weighted by Crippen LogP contribution is 2.20. The van der Waals surface area contributed by atoms with Crippen molar-refractivity contribution in [1.29, 1.82) is 0 Å². The van der Waals surface area contributed by atoms with Crippen LogP contribution in [0.5, 0.6) is 0 Å². The zero-order chi connectivity index (χ0) is 13.0. The van der Waals surface area contributed by atoms with Gasteiger partial charge in [-0.15, -0.1) is 0 Å². The summed E-state index contributed by atoms with van der Waals surface area (Å²) in [5.41, 5.74) is 0. The fraction of sp³-hybridized carbons (Fsp3) is 1.00. The molecule has 0 bridgehead atoms. The van der Waals surface area contributed by atoms with Crippen molar-refractivity contribution in [1.82, 2.24) is 15.1 Å². The first-order valence-corrected chi connectivity index (χ1v) is 7.42. The Morgan fingerprint density at radius 3 is 2.61 bits per heavy atom. The van der Waals surface area contributed by atoms with E-state index in [-0.39, 0.29) is 0 Å². The van der Waals surface area contributed by atoms with Crippen LogP contribution >= 0.6 is 0 Å². The van der Waals surface area contributed by atoms with Gasteiger partial charge in [0.25, 0.3) is 0 Å². The minimum atomic E-state index is 0.545. The third kappa shape index (κ3) is 3.44. The van der Waals surface area contributed by atoms with E-state index in [0.29, 0.717) is 12.0 Å². The van der Waals surface area contributed by atoms with E-state index < -0.39 is 0 Å². The predicted octanol–water partition coefficient (Wildman–Crippen LogP) is 0.637. The van der Waals surface area contributed by atoms with Crippen LogP contribution in [0, 0.1) is 5.92 Å². The molecule has 0 saturated carbocycles. The van der Waals surface area contributed by atoms with Gasteiger partial charge in [-0.1, -0.05) is 6.92 Å². The van der Waals surface area contributed by atoms with Crippen LogP contribution in [0.1, 0.15) is 19.8 Å². The quantitative estimate of drug-likeness (QED) is 0.780. The third-order valence-electron chi connectivity index (χ3n) is 4.72. The Labute approximate surface area is 112 Å². The van der Waals surface area contributed by atoms with E-state index in [4.69, 9.17) is 4.74 Å². The molecule has 2 aliphatic rings. The van der Waals surface area contributed by atoms with Crippen molar-refractivity contribution in [3.8, 4) is 0 Å². The number of rotatable bonds is 5. The largest absolute Gasteiger partial charge is 0.379 e. The number of hydrogen-bond acceptors (Lipinski definition) is 4. The zero-order valence-corrected chi connectivity index (χ0v) is 12.2. The van der Waals surface area contributed by atoms with Gasteiger partial charge in [0, 0.05) is 24.5 Å². The molecule has 4 nitrogen and oxygen atoms in total. The first-order chi connectivity index (χ1) is 8.74. The van der Waals surface area contributed by atoms with Crippen molar-refractivity contribution in [2.45, 2.75) is 31.8 Å². The Morgan fingerprint density at radius 2 is 2.00 bits per heavy atom. The van der Waals surface area contributed by atoms with Crippen molar-refractivity contribution < 1.29 is 4.74 Å². The number of likely N-dealkylation sites (tertiary alicyclic amines) is 1. The van der Waals surface area contributed by atoms with Gasteiger partial charge in [0.1, 0.15) is 0 Å². The summed E-state index contributed by atoms with van der Waals surface area (Å²) in [5.74, 6) is 0.657. The van der Waals surface area contributed by atoms with Crippen LogP contribution in [0.2, 0.25) is 0 Å². The lowest BCUT2D eigenvalue weighted by atomic mass is 9.99. The Morgan fingerprint density at radius 1 is 1.28 bits per heavy atom. The smallest absolute Gasteiger partial charge is 0.0623 e. The highest BCUT2D eigenvalue weighted by molar-refractivity contribution is 4.85. The molecule has 2 unspecified atom stereocenters.